The van der Waals surface area contributed by atoms with Crippen LogP contribution in [0.2, 0.25) is 0 Å². The third-order valence-electron chi connectivity index (χ3n) is 3.78. The summed E-state index contributed by atoms with van der Waals surface area (Å²) in [6.45, 7) is 3.68. The van der Waals surface area contributed by atoms with Crippen molar-refractivity contribution in [3.63, 3.8) is 0 Å². The first-order valence-electron chi connectivity index (χ1n) is 6.91. The summed E-state index contributed by atoms with van der Waals surface area (Å²) >= 11 is 0. The van der Waals surface area contributed by atoms with Gasteiger partial charge in [-0.3, -0.25) is 0 Å². The number of rotatable bonds is 3. The van der Waals surface area contributed by atoms with Gasteiger partial charge in [-0.05, 0) is 25.0 Å². The molecule has 3 rings (SSSR count). The van der Waals surface area contributed by atoms with E-state index in [9.17, 15) is 5.11 Å². The summed E-state index contributed by atoms with van der Waals surface area (Å²) in [6, 6.07) is 19.2. The number of hydrogen-bond donors (Lipinski definition) is 1. The average molecular weight is 279 g/mol. The van der Waals surface area contributed by atoms with Crippen LogP contribution in [0.1, 0.15) is 28.1 Å². The standard InChI is InChI=1S/C18H17NO2/c1-13-17(14(2)21-19-13)18(20,15-9-5-3-6-10-15)16-11-7-4-8-12-16/h3-12,20H,1-2H3. The van der Waals surface area contributed by atoms with Crippen LogP contribution >= 0.6 is 0 Å². The molecule has 3 aromatic rings. The Labute approximate surface area is 123 Å². The molecule has 0 radical (unpaired) electrons. The lowest BCUT2D eigenvalue weighted by atomic mass is 9.79. The van der Waals surface area contributed by atoms with Gasteiger partial charge < -0.3 is 9.63 Å². The Bertz CT molecular complexity index is 673. The molecule has 0 atom stereocenters. The van der Waals surface area contributed by atoms with Gasteiger partial charge in [0.15, 0.2) is 0 Å². The van der Waals surface area contributed by atoms with Crippen molar-refractivity contribution in [2.45, 2.75) is 19.4 Å². The zero-order chi connectivity index (χ0) is 14.9. The predicted octanol–water partition coefficient (Wildman–Crippen LogP) is 3.58. The fraction of sp³-hybridized carbons (Fsp3) is 0.167. The second-order valence-corrected chi connectivity index (χ2v) is 5.14. The van der Waals surface area contributed by atoms with Crippen LogP contribution in [-0.2, 0) is 5.60 Å². The summed E-state index contributed by atoms with van der Waals surface area (Å²) in [6.07, 6.45) is 0. The molecule has 3 heteroatoms. The van der Waals surface area contributed by atoms with E-state index in [1.54, 1.807) is 0 Å². The van der Waals surface area contributed by atoms with Crippen molar-refractivity contribution >= 4 is 0 Å². The first-order chi connectivity index (χ1) is 10.1. The predicted molar refractivity (Wildman–Crippen MR) is 81.0 cm³/mol. The van der Waals surface area contributed by atoms with Gasteiger partial charge in [-0.15, -0.1) is 0 Å². The molecule has 0 aliphatic carbocycles. The Hall–Kier alpha value is -2.39. The van der Waals surface area contributed by atoms with Gasteiger partial charge in [0.2, 0.25) is 0 Å². The maximum atomic E-state index is 11.6. The molecule has 0 unspecified atom stereocenters. The molecule has 3 nitrogen and oxygen atoms in total. The smallest absolute Gasteiger partial charge is 0.145 e. The molecule has 21 heavy (non-hydrogen) atoms. The van der Waals surface area contributed by atoms with Gasteiger partial charge in [-0.25, -0.2) is 0 Å². The lowest BCUT2D eigenvalue weighted by Crippen LogP contribution is -2.30. The molecule has 1 heterocycles. The van der Waals surface area contributed by atoms with Gasteiger partial charge in [-0.2, -0.15) is 0 Å². The molecule has 0 saturated heterocycles. The fourth-order valence-corrected chi connectivity index (χ4v) is 2.81. The summed E-state index contributed by atoms with van der Waals surface area (Å²) in [5, 5.41) is 15.6. The topological polar surface area (TPSA) is 46.3 Å². The monoisotopic (exact) mass is 279 g/mol. The third-order valence-corrected chi connectivity index (χ3v) is 3.78. The number of nitrogens with zero attached hydrogens (tertiary/aromatic N) is 1. The molecule has 2 aromatic carbocycles. The summed E-state index contributed by atoms with van der Waals surface area (Å²) in [7, 11) is 0. The van der Waals surface area contributed by atoms with E-state index in [0.717, 1.165) is 11.1 Å². The molecule has 1 N–H and O–H groups in total. The number of hydrogen-bond acceptors (Lipinski definition) is 3. The largest absolute Gasteiger partial charge is 0.376 e. The minimum absolute atomic E-state index is 0.628. The number of aryl methyl sites for hydroxylation is 2. The first kappa shape index (κ1) is 13.6. The van der Waals surface area contributed by atoms with E-state index in [-0.39, 0.29) is 0 Å². The zero-order valence-corrected chi connectivity index (χ0v) is 12.1. The van der Waals surface area contributed by atoms with Gasteiger partial charge in [0, 0.05) is 0 Å². The second kappa shape index (κ2) is 5.19. The Morgan fingerprint density at radius 2 is 1.33 bits per heavy atom. The van der Waals surface area contributed by atoms with Crippen LogP contribution in [0, 0.1) is 13.8 Å². The van der Waals surface area contributed by atoms with E-state index in [4.69, 9.17) is 4.52 Å². The van der Waals surface area contributed by atoms with Crippen molar-refractivity contribution in [3.05, 3.63) is 88.8 Å². The molecule has 0 bridgehead atoms. The van der Waals surface area contributed by atoms with Crippen molar-refractivity contribution in [2.24, 2.45) is 0 Å². The van der Waals surface area contributed by atoms with Gasteiger partial charge >= 0.3 is 0 Å². The van der Waals surface area contributed by atoms with E-state index in [2.05, 4.69) is 5.16 Å². The molecule has 106 valence electrons. The van der Waals surface area contributed by atoms with Gasteiger partial charge in [-0.1, -0.05) is 65.8 Å². The molecule has 0 fully saturated rings. The fourth-order valence-electron chi connectivity index (χ4n) is 2.81. The zero-order valence-electron chi connectivity index (χ0n) is 12.1. The van der Waals surface area contributed by atoms with Crippen LogP contribution in [0.5, 0.6) is 0 Å². The molecule has 0 saturated carbocycles. The summed E-state index contributed by atoms with van der Waals surface area (Å²) in [5.74, 6) is 0.628. The summed E-state index contributed by atoms with van der Waals surface area (Å²) in [4.78, 5) is 0. The SMILES string of the molecule is Cc1noc(C)c1C(O)(c1ccccc1)c1ccccc1. The highest BCUT2D eigenvalue weighted by atomic mass is 16.5. The van der Waals surface area contributed by atoms with Gasteiger partial charge in [0.1, 0.15) is 11.4 Å². The highest BCUT2D eigenvalue weighted by Gasteiger charge is 2.38. The lowest BCUT2D eigenvalue weighted by molar-refractivity contribution is 0.123. The molecule has 0 aliphatic heterocycles. The van der Waals surface area contributed by atoms with Crippen LogP contribution in [0.3, 0.4) is 0 Å². The van der Waals surface area contributed by atoms with E-state index in [1.807, 2.05) is 74.5 Å². The molecular weight excluding hydrogens is 262 g/mol. The minimum Gasteiger partial charge on any atom is -0.376 e. The third kappa shape index (κ3) is 2.16. The van der Waals surface area contributed by atoms with Crippen molar-refractivity contribution < 1.29 is 9.63 Å². The van der Waals surface area contributed by atoms with E-state index in [1.165, 1.54) is 0 Å². The Balaban J connectivity index is 2.31. The van der Waals surface area contributed by atoms with Crippen molar-refractivity contribution in [2.75, 3.05) is 0 Å². The van der Waals surface area contributed by atoms with Crippen molar-refractivity contribution in [1.29, 1.82) is 0 Å². The summed E-state index contributed by atoms with van der Waals surface area (Å²) in [5.41, 5.74) is 1.73. The Morgan fingerprint density at radius 3 is 1.71 bits per heavy atom. The molecule has 0 spiro atoms. The minimum atomic E-state index is -1.27. The first-order valence-corrected chi connectivity index (χ1v) is 6.91. The number of aromatic nitrogens is 1. The molecular formula is C18H17NO2. The average Bonchev–Trinajstić information content (AvgIpc) is 2.88. The molecule has 0 aliphatic rings. The van der Waals surface area contributed by atoms with E-state index >= 15 is 0 Å². The van der Waals surface area contributed by atoms with Crippen LogP contribution in [0.15, 0.2) is 65.2 Å². The van der Waals surface area contributed by atoms with Gasteiger partial charge in [0.05, 0.1) is 11.3 Å². The normalized spacial score (nSPS) is 11.6. The highest BCUT2D eigenvalue weighted by molar-refractivity contribution is 5.49. The van der Waals surface area contributed by atoms with Crippen LogP contribution in [0.25, 0.3) is 0 Å². The quantitative estimate of drug-likeness (QED) is 0.797. The maximum absolute atomic E-state index is 11.6. The lowest BCUT2D eigenvalue weighted by Gasteiger charge is -2.29. The van der Waals surface area contributed by atoms with E-state index < -0.39 is 5.60 Å². The van der Waals surface area contributed by atoms with Crippen molar-refractivity contribution in [3.8, 4) is 0 Å². The highest BCUT2D eigenvalue weighted by Crippen LogP contribution is 2.39. The maximum Gasteiger partial charge on any atom is 0.145 e. The van der Waals surface area contributed by atoms with Crippen molar-refractivity contribution in [1.82, 2.24) is 5.16 Å². The summed E-state index contributed by atoms with van der Waals surface area (Å²) < 4.78 is 5.27. The Morgan fingerprint density at radius 1 is 0.857 bits per heavy atom. The Kier molecular flexibility index (Phi) is 3.35. The van der Waals surface area contributed by atoms with Crippen LogP contribution in [0.4, 0.5) is 0 Å². The number of benzene rings is 2. The number of aliphatic hydroxyl groups is 1. The van der Waals surface area contributed by atoms with Crippen LogP contribution < -0.4 is 0 Å². The van der Waals surface area contributed by atoms with Crippen LogP contribution in [-0.4, -0.2) is 10.3 Å². The van der Waals surface area contributed by atoms with E-state index in [0.29, 0.717) is 17.0 Å². The second-order valence-electron chi connectivity index (χ2n) is 5.14. The molecule has 0 amide bonds. The van der Waals surface area contributed by atoms with Gasteiger partial charge in [0.25, 0.3) is 0 Å². The molecule has 1 aromatic heterocycles.